The third-order valence-corrected chi connectivity index (χ3v) is 3.12. The van der Waals surface area contributed by atoms with E-state index < -0.39 is 0 Å². The maximum atomic E-state index is 12.2. The van der Waals surface area contributed by atoms with Crippen molar-refractivity contribution < 1.29 is 4.79 Å². The number of benzene rings is 1. The first-order chi connectivity index (χ1) is 9.61. The number of carbonyl (C=O) groups excluding carboxylic acids is 1. The summed E-state index contributed by atoms with van der Waals surface area (Å²) in [6.07, 6.45) is 1.60. The molecule has 0 unspecified atom stereocenters. The van der Waals surface area contributed by atoms with Crippen LogP contribution in [0.3, 0.4) is 0 Å². The molecule has 4 heteroatoms. The Morgan fingerprint density at radius 1 is 1.30 bits per heavy atom. The van der Waals surface area contributed by atoms with Crippen LogP contribution in [0.5, 0.6) is 0 Å². The van der Waals surface area contributed by atoms with Gasteiger partial charge in [-0.3, -0.25) is 9.78 Å². The van der Waals surface area contributed by atoms with E-state index in [1.165, 1.54) is 0 Å². The van der Waals surface area contributed by atoms with E-state index in [-0.39, 0.29) is 5.91 Å². The summed E-state index contributed by atoms with van der Waals surface area (Å²) in [5.41, 5.74) is 8.78. The molecule has 1 aromatic carbocycles. The maximum absolute atomic E-state index is 12.2. The van der Waals surface area contributed by atoms with E-state index >= 15 is 0 Å². The average Bonchev–Trinajstić information content (AvgIpc) is 2.47. The summed E-state index contributed by atoms with van der Waals surface area (Å²) in [4.78, 5) is 16.3. The summed E-state index contributed by atoms with van der Waals surface area (Å²) >= 11 is 0. The molecule has 2 rings (SSSR count). The molecule has 0 spiro atoms. The van der Waals surface area contributed by atoms with Crippen molar-refractivity contribution in [2.75, 3.05) is 5.32 Å². The monoisotopic (exact) mass is 269 g/mol. The number of hydrogen-bond acceptors (Lipinski definition) is 3. The molecule has 0 aliphatic rings. The highest BCUT2D eigenvalue weighted by Crippen LogP contribution is 2.24. The van der Waals surface area contributed by atoms with Crippen molar-refractivity contribution in [1.82, 2.24) is 4.98 Å². The van der Waals surface area contributed by atoms with Gasteiger partial charge in [0, 0.05) is 18.4 Å². The van der Waals surface area contributed by atoms with Gasteiger partial charge in [0.15, 0.2) is 0 Å². The van der Waals surface area contributed by atoms with Gasteiger partial charge in [0.05, 0.1) is 0 Å². The summed E-state index contributed by atoms with van der Waals surface area (Å²) in [6, 6.07) is 11.3. The van der Waals surface area contributed by atoms with Crippen LogP contribution in [0.15, 0.2) is 42.6 Å². The molecular formula is C16H19N3O. The number of amides is 1. The zero-order chi connectivity index (χ0) is 14.5. The first-order valence-corrected chi connectivity index (χ1v) is 6.67. The van der Waals surface area contributed by atoms with Crippen molar-refractivity contribution in [3.8, 4) is 0 Å². The minimum atomic E-state index is -0.214. The number of pyridine rings is 1. The van der Waals surface area contributed by atoms with Gasteiger partial charge in [-0.25, -0.2) is 0 Å². The molecule has 104 valence electrons. The fraction of sp³-hybridized carbons (Fsp3) is 0.250. The number of carbonyl (C=O) groups is 1. The Morgan fingerprint density at radius 2 is 2.05 bits per heavy atom. The zero-order valence-corrected chi connectivity index (χ0v) is 11.8. The molecule has 0 atom stereocenters. The molecule has 0 radical (unpaired) electrons. The largest absolute Gasteiger partial charge is 0.326 e. The summed E-state index contributed by atoms with van der Waals surface area (Å²) in [6.45, 7) is 4.59. The molecule has 1 amide bonds. The molecule has 0 aliphatic heterocycles. The van der Waals surface area contributed by atoms with Crippen molar-refractivity contribution in [2.24, 2.45) is 5.73 Å². The normalized spacial score (nSPS) is 10.6. The third kappa shape index (κ3) is 3.22. The van der Waals surface area contributed by atoms with E-state index in [2.05, 4.69) is 24.1 Å². The summed E-state index contributed by atoms with van der Waals surface area (Å²) in [5.74, 6) is 0.128. The Morgan fingerprint density at radius 3 is 2.75 bits per heavy atom. The predicted molar refractivity (Wildman–Crippen MR) is 80.6 cm³/mol. The van der Waals surface area contributed by atoms with E-state index in [1.807, 2.05) is 24.3 Å². The molecular weight excluding hydrogens is 250 g/mol. The highest BCUT2D eigenvalue weighted by molar-refractivity contribution is 6.03. The standard InChI is InChI=1S/C16H19N3O/c1-11(2)13-5-3-4-6-14(13)19-16(20)15-9-12(10-17)7-8-18-15/h3-9,11H,10,17H2,1-2H3,(H,19,20). The molecule has 0 fully saturated rings. The second-order valence-electron chi connectivity index (χ2n) is 4.95. The van der Waals surface area contributed by atoms with Gasteiger partial charge in [0.25, 0.3) is 5.91 Å². The van der Waals surface area contributed by atoms with Gasteiger partial charge in [0.1, 0.15) is 5.69 Å². The van der Waals surface area contributed by atoms with E-state index in [4.69, 9.17) is 5.73 Å². The number of para-hydroxylation sites is 1. The number of aromatic nitrogens is 1. The number of nitrogens with one attached hydrogen (secondary N) is 1. The average molecular weight is 269 g/mol. The van der Waals surface area contributed by atoms with Gasteiger partial charge >= 0.3 is 0 Å². The highest BCUT2D eigenvalue weighted by atomic mass is 16.1. The van der Waals surface area contributed by atoms with Crippen molar-refractivity contribution in [1.29, 1.82) is 0 Å². The lowest BCUT2D eigenvalue weighted by Crippen LogP contribution is -2.15. The Hall–Kier alpha value is -2.20. The van der Waals surface area contributed by atoms with Gasteiger partial charge in [-0.1, -0.05) is 32.0 Å². The van der Waals surface area contributed by atoms with Crippen molar-refractivity contribution >= 4 is 11.6 Å². The minimum Gasteiger partial charge on any atom is -0.326 e. The van der Waals surface area contributed by atoms with Crippen LogP contribution >= 0.6 is 0 Å². The Balaban J connectivity index is 2.23. The van der Waals surface area contributed by atoms with E-state index in [9.17, 15) is 4.79 Å². The first-order valence-electron chi connectivity index (χ1n) is 6.67. The number of rotatable bonds is 4. The van der Waals surface area contributed by atoms with E-state index in [0.29, 0.717) is 18.2 Å². The van der Waals surface area contributed by atoms with Gasteiger partial charge < -0.3 is 11.1 Å². The highest BCUT2D eigenvalue weighted by Gasteiger charge is 2.12. The van der Waals surface area contributed by atoms with Gasteiger partial charge in [-0.15, -0.1) is 0 Å². The smallest absolute Gasteiger partial charge is 0.274 e. The Kier molecular flexibility index (Phi) is 4.48. The SMILES string of the molecule is CC(C)c1ccccc1NC(=O)c1cc(CN)ccn1. The molecule has 3 N–H and O–H groups in total. The van der Waals surface area contributed by atoms with Crippen LogP contribution in [0.25, 0.3) is 0 Å². The van der Waals surface area contributed by atoms with Crippen LogP contribution < -0.4 is 11.1 Å². The summed E-state index contributed by atoms with van der Waals surface area (Å²) < 4.78 is 0. The number of anilines is 1. The Labute approximate surface area is 119 Å². The molecule has 0 aliphatic carbocycles. The second kappa shape index (κ2) is 6.30. The van der Waals surface area contributed by atoms with Crippen molar-refractivity contribution in [3.05, 3.63) is 59.4 Å². The molecule has 1 heterocycles. The topological polar surface area (TPSA) is 68.0 Å². The fourth-order valence-electron chi connectivity index (χ4n) is 2.03. The lowest BCUT2D eigenvalue weighted by atomic mass is 10.0. The molecule has 1 aromatic heterocycles. The van der Waals surface area contributed by atoms with Gasteiger partial charge in [0.2, 0.25) is 0 Å². The van der Waals surface area contributed by atoms with Crippen molar-refractivity contribution in [2.45, 2.75) is 26.3 Å². The van der Waals surface area contributed by atoms with Crippen LogP contribution in [0.1, 0.15) is 41.4 Å². The molecule has 0 saturated heterocycles. The minimum absolute atomic E-state index is 0.214. The maximum Gasteiger partial charge on any atom is 0.274 e. The third-order valence-electron chi connectivity index (χ3n) is 3.12. The van der Waals surface area contributed by atoms with Crippen LogP contribution in [0.2, 0.25) is 0 Å². The molecule has 0 bridgehead atoms. The summed E-state index contributed by atoms with van der Waals surface area (Å²) in [5, 5.41) is 2.92. The Bertz CT molecular complexity index is 608. The van der Waals surface area contributed by atoms with Crippen LogP contribution in [-0.4, -0.2) is 10.9 Å². The number of hydrogen-bond donors (Lipinski definition) is 2. The van der Waals surface area contributed by atoms with Crippen LogP contribution in [0.4, 0.5) is 5.69 Å². The predicted octanol–water partition coefficient (Wildman–Crippen LogP) is 2.92. The fourth-order valence-corrected chi connectivity index (χ4v) is 2.03. The van der Waals surface area contributed by atoms with Gasteiger partial charge in [-0.2, -0.15) is 0 Å². The molecule has 2 aromatic rings. The second-order valence-corrected chi connectivity index (χ2v) is 4.95. The van der Waals surface area contributed by atoms with Crippen LogP contribution in [0, 0.1) is 0 Å². The van der Waals surface area contributed by atoms with Gasteiger partial charge in [-0.05, 0) is 35.2 Å². The van der Waals surface area contributed by atoms with E-state index in [0.717, 1.165) is 16.8 Å². The lowest BCUT2D eigenvalue weighted by molar-refractivity contribution is 0.102. The molecule has 0 saturated carbocycles. The summed E-state index contributed by atoms with van der Waals surface area (Å²) in [7, 11) is 0. The molecule has 20 heavy (non-hydrogen) atoms. The molecule has 4 nitrogen and oxygen atoms in total. The quantitative estimate of drug-likeness (QED) is 0.896. The number of nitrogens with two attached hydrogens (primary N) is 1. The zero-order valence-electron chi connectivity index (χ0n) is 11.8. The first kappa shape index (κ1) is 14.2. The van der Waals surface area contributed by atoms with Crippen molar-refractivity contribution in [3.63, 3.8) is 0 Å². The van der Waals surface area contributed by atoms with E-state index in [1.54, 1.807) is 18.3 Å². The number of nitrogens with zero attached hydrogens (tertiary/aromatic N) is 1. The lowest BCUT2D eigenvalue weighted by Gasteiger charge is -2.13. The van der Waals surface area contributed by atoms with Crippen LogP contribution in [-0.2, 0) is 6.54 Å².